The van der Waals surface area contributed by atoms with Gasteiger partial charge in [0.15, 0.2) is 0 Å². The highest BCUT2D eigenvalue weighted by molar-refractivity contribution is 7.40. The van der Waals surface area contributed by atoms with Gasteiger partial charge in [0, 0.05) is 0 Å². The molecule has 0 amide bonds. The van der Waals surface area contributed by atoms with Gasteiger partial charge in [0.05, 0.1) is 0 Å². The van der Waals surface area contributed by atoms with Crippen LogP contribution in [0.3, 0.4) is 0 Å². The summed E-state index contributed by atoms with van der Waals surface area (Å²) >= 11 is 0. The molecule has 0 unspecified atom stereocenters. The van der Waals surface area contributed by atoms with Crippen LogP contribution in [0.2, 0.25) is 0 Å². The second kappa shape index (κ2) is 3.56. The average molecular weight is 144 g/mol. The van der Waals surface area contributed by atoms with Crippen LogP contribution in [-0.4, -0.2) is 11.3 Å². The monoisotopic (exact) mass is 144 g/mol. The van der Waals surface area contributed by atoms with Gasteiger partial charge in [0.2, 0.25) is 0 Å². The van der Waals surface area contributed by atoms with Crippen molar-refractivity contribution < 1.29 is 0 Å². The topological polar surface area (TPSA) is 0 Å². The van der Waals surface area contributed by atoms with E-state index >= 15 is 0 Å². The van der Waals surface area contributed by atoms with Crippen molar-refractivity contribution in [1.29, 1.82) is 0 Å². The van der Waals surface area contributed by atoms with E-state index in [2.05, 4.69) is 13.8 Å². The minimum absolute atomic E-state index is 1.11. The summed E-state index contributed by atoms with van der Waals surface area (Å²) in [7, 11) is 1.29. The van der Waals surface area contributed by atoms with E-state index in [-0.39, 0.29) is 0 Å². The van der Waals surface area contributed by atoms with Gasteiger partial charge in [-0.1, -0.05) is 13.8 Å². The van der Waals surface area contributed by atoms with Crippen LogP contribution in [0.25, 0.3) is 0 Å². The van der Waals surface area contributed by atoms with Gasteiger partial charge < -0.3 is 0 Å². The largest absolute Gasteiger partial charge is 0.116 e. The first-order chi connectivity index (χ1) is 4.36. The molecule has 0 saturated carbocycles. The van der Waals surface area contributed by atoms with Crippen molar-refractivity contribution in [1.82, 2.24) is 0 Å². The second-order valence-electron chi connectivity index (χ2n) is 2.95. The molecule has 0 aliphatic carbocycles. The van der Waals surface area contributed by atoms with Gasteiger partial charge in [0.25, 0.3) is 0 Å². The normalized spacial score (nSPS) is 35.3. The molecule has 9 heavy (non-hydrogen) atoms. The molecule has 1 aliphatic rings. The van der Waals surface area contributed by atoms with Crippen LogP contribution < -0.4 is 0 Å². The van der Waals surface area contributed by atoms with Crippen LogP contribution in [0.5, 0.6) is 0 Å². The fraction of sp³-hybridized carbons (Fsp3) is 1.00. The van der Waals surface area contributed by atoms with Gasteiger partial charge in [-0.05, 0) is 37.0 Å². The van der Waals surface area contributed by atoms with Crippen molar-refractivity contribution in [3.05, 3.63) is 0 Å². The van der Waals surface area contributed by atoms with Gasteiger partial charge >= 0.3 is 0 Å². The molecule has 0 nitrogen and oxygen atoms in total. The maximum Gasteiger partial charge on any atom is -0.0237 e. The van der Waals surface area contributed by atoms with Gasteiger partial charge in [-0.2, -0.15) is 0 Å². The molecule has 1 aliphatic heterocycles. The highest BCUT2D eigenvalue weighted by Crippen LogP contribution is 2.42. The van der Waals surface area contributed by atoms with Crippen molar-refractivity contribution in [2.75, 3.05) is 0 Å². The van der Waals surface area contributed by atoms with Gasteiger partial charge in [-0.15, -0.1) is 8.58 Å². The van der Waals surface area contributed by atoms with E-state index in [0.29, 0.717) is 0 Å². The van der Waals surface area contributed by atoms with Crippen LogP contribution in [0.15, 0.2) is 0 Å². The first kappa shape index (κ1) is 7.54. The Balaban J connectivity index is 2.20. The van der Waals surface area contributed by atoms with Crippen LogP contribution in [-0.2, 0) is 0 Å². The minimum Gasteiger partial charge on any atom is -0.116 e. The first-order valence-electron chi connectivity index (χ1n) is 4.12. The number of rotatable bonds is 2. The lowest BCUT2D eigenvalue weighted by Crippen LogP contribution is -1.90. The number of hydrogen-bond donors (Lipinski definition) is 0. The molecule has 0 radical (unpaired) electrons. The average Bonchev–Trinajstić information content (AvgIpc) is 2.34. The predicted molar refractivity (Wildman–Crippen MR) is 45.7 cm³/mol. The molecule has 54 valence electrons. The van der Waals surface area contributed by atoms with Crippen LogP contribution >= 0.6 is 8.58 Å². The van der Waals surface area contributed by atoms with E-state index in [9.17, 15) is 0 Å². The molecule has 1 fully saturated rings. The third-order valence-corrected chi connectivity index (χ3v) is 4.66. The molecule has 1 heterocycles. The lowest BCUT2D eigenvalue weighted by molar-refractivity contribution is 0.696. The van der Waals surface area contributed by atoms with Gasteiger partial charge in [-0.3, -0.25) is 0 Å². The van der Waals surface area contributed by atoms with Gasteiger partial charge in [-0.25, -0.2) is 0 Å². The summed E-state index contributed by atoms with van der Waals surface area (Å²) in [6, 6.07) is 0. The molecule has 0 N–H and O–H groups in total. The summed E-state index contributed by atoms with van der Waals surface area (Å²) in [5.41, 5.74) is 2.21. The molecule has 0 aromatic rings. The Morgan fingerprint density at radius 2 is 1.56 bits per heavy atom. The van der Waals surface area contributed by atoms with E-state index in [4.69, 9.17) is 0 Å². The Bertz CT molecular complexity index is 70.6. The predicted octanol–water partition coefficient (Wildman–Crippen LogP) is 3.02. The van der Waals surface area contributed by atoms with Crippen molar-refractivity contribution in [2.45, 2.75) is 50.8 Å². The standard InChI is InChI=1S/C8H17P/c1-3-7-5-6-8(4-2)9-7/h7-9H,3-6H2,1-2H3/t7-,8-/m1/s1. The van der Waals surface area contributed by atoms with Crippen molar-refractivity contribution in [2.24, 2.45) is 0 Å². The fourth-order valence-corrected chi connectivity index (χ4v) is 3.35. The van der Waals surface area contributed by atoms with Crippen LogP contribution in [0.4, 0.5) is 0 Å². The summed E-state index contributed by atoms with van der Waals surface area (Å²) in [6.07, 6.45) is 5.89. The molecular formula is C8H17P. The molecule has 1 saturated heterocycles. The molecular weight excluding hydrogens is 127 g/mol. The maximum absolute atomic E-state index is 2.33. The van der Waals surface area contributed by atoms with Crippen molar-refractivity contribution >= 4 is 8.58 Å². The zero-order chi connectivity index (χ0) is 6.69. The smallest absolute Gasteiger partial charge is 0.0237 e. The lowest BCUT2D eigenvalue weighted by Gasteiger charge is -2.05. The molecule has 1 rings (SSSR count). The fourth-order valence-electron chi connectivity index (χ4n) is 1.55. The molecule has 0 aromatic carbocycles. The summed E-state index contributed by atoms with van der Waals surface area (Å²) in [4.78, 5) is 0. The Hall–Kier alpha value is 0.430. The maximum atomic E-state index is 2.33. The summed E-state index contributed by atoms with van der Waals surface area (Å²) in [5.74, 6) is 0. The summed E-state index contributed by atoms with van der Waals surface area (Å²) in [5, 5.41) is 0. The summed E-state index contributed by atoms with van der Waals surface area (Å²) in [6.45, 7) is 4.66. The summed E-state index contributed by atoms with van der Waals surface area (Å²) < 4.78 is 0. The molecule has 0 spiro atoms. The Morgan fingerprint density at radius 3 is 1.78 bits per heavy atom. The van der Waals surface area contributed by atoms with E-state index in [1.165, 1.54) is 34.3 Å². The lowest BCUT2D eigenvalue weighted by atomic mass is 10.1. The van der Waals surface area contributed by atoms with Crippen LogP contribution in [0.1, 0.15) is 39.5 Å². The highest BCUT2D eigenvalue weighted by atomic mass is 31.1. The quantitative estimate of drug-likeness (QED) is 0.522. The third-order valence-electron chi connectivity index (χ3n) is 2.32. The van der Waals surface area contributed by atoms with Crippen molar-refractivity contribution in [3.63, 3.8) is 0 Å². The zero-order valence-corrected chi connectivity index (χ0v) is 7.48. The van der Waals surface area contributed by atoms with Gasteiger partial charge in [0.1, 0.15) is 0 Å². The van der Waals surface area contributed by atoms with E-state index < -0.39 is 0 Å². The molecule has 1 heteroatoms. The Kier molecular flexibility index (Phi) is 2.98. The zero-order valence-electron chi connectivity index (χ0n) is 6.48. The highest BCUT2D eigenvalue weighted by Gasteiger charge is 2.20. The second-order valence-corrected chi connectivity index (χ2v) is 4.92. The molecule has 0 bridgehead atoms. The minimum atomic E-state index is 1.11. The van der Waals surface area contributed by atoms with Crippen molar-refractivity contribution in [3.8, 4) is 0 Å². The molecule has 0 aromatic heterocycles. The third kappa shape index (κ3) is 1.93. The Labute approximate surface area is 60.2 Å². The molecule has 2 atom stereocenters. The Morgan fingerprint density at radius 1 is 1.11 bits per heavy atom. The first-order valence-corrected chi connectivity index (χ1v) is 5.28. The van der Waals surface area contributed by atoms with Crippen LogP contribution in [0, 0.1) is 0 Å². The SMILES string of the molecule is CC[C@@H]1CC[C@@H](CC)P1. The number of hydrogen-bond acceptors (Lipinski definition) is 0. The van der Waals surface area contributed by atoms with E-state index in [1.807, 2.05) is 0 Å². The van der Waals surface area contributed by atoms with E-state index in [1.54, 1.807) is 0 Å². The van der Waals surface area contributed by atoms with E-state index in [0.717, 1.165) is 11.3 Å².